The maximum Gasteiger partial charge on any atom is 0.321 e. The third kappa shape index (κ3) is 4.68. The zero-order chi connectivity index (χ0) is 15.4. The molecule has 1 saturated carbocycles. The standard InChI is InChI=1S/C15H27N3O3/c1-10-8-18(9-11(2)21-10)12(3)14(19)17-15(20)16-13-6-4-5-7-13/h10-13H,4-9H2,1-3H3,(H2,16,17,19,20)/t10-,11+,12-/m0/s1. The molecular weight excluding hydrogens is 270 g/mol. The second-order valence-corrected chi connectivity index (χ2v) is 6.33. The van der Waals surface area contributed by atoms with Crippen LogP contribution in [-0.4, -0.2) is 54.2 Å². The number of carbonyl (C=O) groups excluding carboxylic acids is 2. The fourth-order valence-electron chi connectivity index (χ4n) is 3.21. The molecule has 6 heteroatoms. The van der Waals surface area contributed by atoms with Gasteiger partial charge in [0.25, 0.3) is 0 Å². The first kappa shape index (κ1) is 16.2. The predicted octanol–water partition coefficient (Wildman–Crippen LogP) is 1.25. The van der Waals surface area contributed by atoms with Crippen LogP contribution in [0.4, 0.5) is 4.79 Å². The van der Waals surface area contributed by atoms with E-state index in [-0.39, 0.29) is 36.2 Å². The van der Waals surface area contributed by atoms with Crippen molar-refractivity contribution in [3.05, 3.63) is 0 Å². The molecule has 2 rings (SSSR count). The van der Waals surface area contributed by atoms with E-state index in [1.54, 1.807) is 0 Å². The van der Waals surface area contributed by atoms with Crippen LogP contribution in [-0.2, 0) is 9.53 Å². The molecule has 0 aromatic rings. The topological polar surface area (TPSA) is 70.7 Å². The van der Waals surface area contributed by atoms with Gasteiger partial charge in [-0.15, -0.1) is 0 Å². The molecule has 1 aliphatic carbocycles. The van der Waals surface area contributed by atoms with E-state index >= 15 is 0 Å². The summed E-state index contributed by atoms with van der Waals surface area (Å²) in [6, 6.07) is -0.474. The molecule has 120 valence electrons. The largest absolute Gasteiger partial charge is 0.373 e. The second kappa shape index (κ2) is 7.22. The molecule has 2 fully saturated rings. The van der Waals surface area contributed by atoms with E-state index < -0.39 is 0 Å². The molecule has 0 unspecified atom stereocenters. The molecule has 21 heavy (non-hydrogen) atoms. The highest BCUT2D eigenvalue weighted by Gasteiger charge is 2.30. The van der Waals surface area contributed by atoms with Crippen molar-refractivity contribution in [1.82, 2.24) is 15.5 Å². The van der Waals surface area contributed by atoms with Gasteiger partial charge in [0, 0.05) is 19.1 Å². The Morgan fingerprint density at radius 1 is 1.14 bits per heavy atom. The summed E-state index contributed by atoms with van der Waals surface area (Å²) in [4.78, 5) is 26.1. The summed E-state index contributed by atoms with van der Waals surface area (Å²) in [5, 5.41) is 5.33. The Labute approximate surface area is 126 Å². The van der Waals surface area contributed by atoms with Crippen LogP contribution in [0.3, 0.4) is 0 Å². The van der Waals surface area contributed by atoms with E-state index in [0.29, 0.717) is 13.1 Å². The van der Waals surface area contributed by atoms with Crippen LogP contribution in [0, 0.1) is 0 Å². The maximum atomic E-state index is 12.2. The molecule has 1 heterocycles. The van der Waals surface area contributed by atoms with Gasteiger partial charge in [-0.25, -0.2) is 4.79 Å². The number of hydrogen-bond donors (Lipinski definition) is 2. The van der Waals surface area contributed by atoms with Crippen LogP contribution >= 0.6 is 0 Å². The molecule has 1 aliphatic heterocycles. The SMILES string of the molecule is C[C@@H]1CN([C@@H](C)C(=O)NC(=O)NC2CCCC2)C[C@H](C)O1. The highest BCUT2D eigenvalue weighted by molar-refractivity contribution is 5.96. The van der Waals surface area contributed by atoms with E-state index in [9.17, 15) is 9.59 Å². The van der Waals surface area contributed by atoms with Crippen LogP contribution in [0.15, 0.2) is 0 Å². The molecular formula is C15H27N3O3. The van der Waals surface area contributed by atoms with Crippen molar-refractivity contribution < 1.29 is 14.3 Å². The first-order valence-corrected chi connectivity index (χ1v) is 7.96. The Bertz CT molecular complexity index is 372. The summed E-state index contributed by atoms with van der Waals surface area (Å²) in [7, 11) is 0. The van der Waals surface area contributed by atoms with Crippen molar-refractivity contribution in [2.75, 3.05) is 13.1 Å². The lowest BCUT2D eigenvalue weighted by Gasteiger charge is -2.38. The van der Waals surface area contributed by atoms with Crippen molar-refractivity contribution in [2.24, 2.45) is 0 Å². The molecule has 0 aromatic heterocycles. The fraction of sp³-hybridized carbons (Fsp3) is 0.867. The van der Waals surface area contributed by atoms with Gasteiger partial charge in [0.2, 0.25) is 5.91 Å². The van der Waals surface area contributed by atoms with Crippen molar-refractivity contribution in [3.63, 3.8) is 0 Å². The summed E-state index contributed by atoms with van der Waals surface area (Å²) in [5.41, 5.74) is 0. The molecule has 2 N–H and O–H groups in total. The first-order valence-electron chi connectivity index (χ1n) is 7.96. The molecule has 0 aromatic carbocycles. The Hall–Kier alpha value is -1.14. The summed E-state index contributed by atoms with van der Waals surface area (Å²) in [6.45, 7) is 7.26. The minimum Gasteiger partial charge on any atom is -0.373 e. The second-order valence-electron chi connectivity index (χ2n) is 6.33. The van der Waals surface area contributed by atoms with E-state index in [2.05, 4.69) is 15.5 Å². The Morgan fingerprint density at radius 3 is 2.29 bits per heavy atom. The minimum absolute atomic E-state index is 0.108. The molecule has 6 nitrogen and oxygen atoms in total. The monoisotopic (exact) mass is 297 g/mol. The predicted molar refractivity (Wildman–Crippen MR) is 80.0 cm³/mol. The zero-order valence-electron chi connectivity index (χ0n) is 13.2. The van der Waals surface area contributed by atoms with Gasteiger partial charge in [-0.1, -0.05) is 12.8 Å². The number of nitrogens with zero attached hydrogens (tertiary/aromatic N) is 1. The van der Waals surface area contributed by atoms with E-state index in [1.807, 2.05) is 20.8 Å². The van der Waals surface area contributed by atoms with Crippen LogP contribution in [0.5, 0.6) is 0 Å². The lowest BCUT2D eigenvalue weighted by Crippen LogP contribution is -2.56. The van der Waals surface area contributed by atoms with Gasteiger partial charge < -0.3 is 10.1 Å². The minimum atomic E-state index is -0.367. The Balaban J connectivity index is 1.79. The number of hydrogen-bond acceptors (Lipinski definition) is 4. The average Bonchev–Trinajstić information content (AvgIpc) is 2.89. The molecule has 2 aliphatic rings. The third-order valence-corrected chi connectivity index (χ3v) is 4.30. The number of morpholine rings is 1. The van der Waals surface area contributed by atoms with Crippen LogP contribution in [0.2, 0.25) is 0 Å². The fourth-order valence-corrected chi connectivity index (χ4v) is 3.21. The van der Waals surface area contributed by atoms with Gasteiger partial charge in [-0.2, -0.15) is 0 Å². The summed E-state index contributed by atoms with van der Waals surface area (Å²) in [5.74, 6) is -0.244. The zero-order valence-corrected chi connectivity index (χ0v) is 13.2. The number of carbonyl (C=O) groups is 2. The van der Waals surface area contributed by atoms with E-state index in [1.165, 1.54) is 0 Å². The molecule has 0 bridgehead atoms. The van der Waals surface area contributed by atoms with Gasteiger partial charge in [0.1, 0.15) is 0 Å². The maximum absolute atomic E-state index is 12.2. The number of ether oxygens (including phenoxy) is 1. The normalized spacial score (nSPS) is 29.1. The first-order chi connectivity index (χ1) is 9.95. The van der Waals surface area contributed by atoms with E-state index in [4.69, 9.17) is 4.74 Å². The van der Waals surface area contributed by atoms with Crippen molar-refractivity contribution in [2.45, 2.75) is 70.7 Å². The number of imide groups is 1. The van der Waals surface area contributed by atoms with Crippen molar-refractivity contribution >= 4 is 11.9 Å². The average molecular weight is 297 g/mol. The molecule has 1 saturated heterocycles. The van der Waals surface area contributed by atoms with Crippen molar-refractivity contribution in [1.29, 1.82) is 0 Å². The van der Waals surface area contributed by atoms with Gasteiger partial charge >= 0.3 is 6.03 Å². The van der Waals surface area contributed by atoms with E-state index in [0.717, 1.165) is 25.7 Å². The van der Waals surface area contributed by atoms with Crippen molar-refractivity contribution in [3.8, 4) is 0 Å². The highest BCUT2D eigenvalue weighted by atomic mass is 16.5. The lowest BCUT2D eigenvalue weighted by atomic mass is 10.1. The smallest absolute Gasteiger partial charge is 0.321 e. The third-order valence-electron chi connectivity index (χ3n) is 4.30. The van der Waals surface area contributed by atoms with Crippen LogP contribution in [0.25, 0.3) is 0 Å². The van der Waals surface area contributed by atoms with Crippen LogP contribution < -0.4 is 10.6 Å². The Kier molecular flexibility index (Phi) is 5.58. The number of urea groups is 1. The highest BCUT2D eigenvalue weighted by Crippen LogP contribution is 2.17. The molecule has 0 radical (unpaired) electrons. The lowest BCUT2D eigenvalue weighted by molar-refractivity contribution is -0.130. The molecule has 3 atom stereocenters. The number of nitrogens with one attached hydrogen (secondary N) is 2. The van der Waals surface area contributed by atoms with Crippen LogP contribution in [0.1, 0.15) is 46.5 Å². The van der Waals surface area contributed by atoms with Gasteiger partial charge in [-0.3, -0.25) is 15.0 Å². The number of rotatable bonds is 3. The molecule has 3 amide bonds. The van der Waals surface area contributed by atoms with Gasteiger partial charge in [-0.05, 0) is 33.6 Å². The summed E-state index contributed by atoms with van der Waals surface area (Å²) < 4.78 is 5.66. The molecule has 0 spiro atoms. The quantitative estimate of drug-likeness (QED) is 0.822. The summed E-state index contributed by atoms with van der Waals surface area (Å²) >= 11 is 0. The Morgan fingerprint density at radius 2 is 1.71 bits per heavy atom. The number of amides is 3. The summed E-state index contributed by atoms with van der Waals surface area (Å²) in [6.07, 6.45) is 4.54. The van der Waals surface area contributed by atoms with Gasteiger partial charge in [0.05, 0.1) is 18.2 Å². The van der Waals surface area contributed by atoms with Gasteiger partial charge in [0.15, 0.2) is 0 Å².